The van der Waals surface area contributed by atoms with Gasteiger partial charge in [-0.15, -0.1) is 0 Å². The van der Waals surface area contributed by atoms with Crippen molar-refractivity contribution in [3.05, 3.63) is 205 Å². The van der Waals surface area contributed by atoms with Crippen molar-refractivity contribution in [1.29, 1.82) is 0 Å². The summed E-state index contributed by atoms with van der Waals surface area (Å²) in [7, 11) is 0. The molecule has 1 aliphatic rings. The summed E-state index contributed by atoms with van der Waals surface area (Å²) in [6.07, 6.45) is 6.37. The number of para-hydroxylation sites is 5. The maximum Gasteiger partial charge on any atom is 0.240 e. The van der Waals surface area contributed by atoms with Crippen LogP contribution in [0.1, 0.15) is 17.7 Å². The van der Waals surface area contributed by atoms with Crippen LogP contribution in [0.4, 0.5) is 0 Å². The minimum atomic E-state index is 0.560. The van der Waals surface area contributed by atoms with Crippen LogP contribution in [0.2, 0.25) is 0 Å². The Bertz CT molecular complexity index is 4060. The van der Waals surface area contributed by atoms with E-state index in [4.69, 9.17) is 15.0 Å². The summed E-state index contributed by atoms with van der Waals surface area (Å²) >= 11 is 0. The molecule has 5 aromatic heterocycles. The van der Waals surface area contributed by atoms with Gasteiger partial charge in [0.15, 0.2) is 5.82 Å². The van der Waals surface area contributed by atoms with Gasteiger partial charge < -0.3 is 9.13 Å². The summed E-state index contributed by atoms with van der Waals surface area (Å²) < 4.78 is 9.48. The molecule has 0 atom stereocenters. The van der Waals surface area contributed by atoms with E-state index in [9.17, 15) is 0 Å². The number of fused-ring (bicyclic) bond motifs is 14. The molecule has 14 rings (SSSR count). The van der Waals surface area contributed by atoms with Crippen molar-refractivity contribution in [3.8, 4) is 34.7 Å². The zero-order valence-corrected chi connectivity index (χ0v) is 34.6. The highest BCUT2D eigenvalue weighted by Gasteiger charge is 2.28. The number of aromatic nitrogens is 7. The molecule has 7 heteroatoms. The first-order chi connectivity index (χ1) is 31.8. The average Bonchev–Trinajstić information content (AvgIpc) is 4.10. The first-order valence-corrected chi connectivity index (χ1v) is 21.9. The van der Waals surface area contributed by atoms with Crippen molar-refractivity contribution in [3.63, 3.8) is 0 Å². The second-order valence-corrected chi connectivity index (χ2v) is 16.7. The van der Waals surface area contributed by atoms with Gasteiger partial charge in [0, 0.05) is 65.9 Å². The topological polar surface area (TPSA) is 58.4 Å². The minimum absolute atomic E-state index is 0.560. The zero-order chi connectivity index (χ0) is 41.9. The lowest BCUT2D eigenvalue weighted by atomic mass is 10.0. The van der Waals surface area contributed by atoms with E-state index in [0.717, 1.165) is 79.2 Å². The van der Waals surface area contributed by atoms with Crippen LogP contribution in [-0.4, -0.2) is 33.2 Å². The first kappa shape index (κ1) is 35.1. The number of hydrogen-bond donors (Lipinski definition) is 0. The molecule has 0 saturated heterocycles. The zero-order valence-electron chi connectivity index (χ0n) is 34.6. The highest BCUT2D eigenvalue weighted by molar-refractivity contribution is 6.24. The molecule has 64 heavy (non-hydrogen) atoms. The lowest BCUT2D eigenvalue weighted by Gasteiger charge is -2.16. The van der Waals surface area contributed by atoms with Gasteiger partial charge in [-0.2, -0.15) is 15.0 Å². The van der Waals surface area contributed by atoms with Gasteiger partial charge in [-0.25, -0.2) is 0 Å². The molecule has 0 unspecified atom stereocenters. The molecule has 0 aliphatic heterocycles. The second kappa shape index (κ2) is 13.5. The predicted molar refractivity (Wildman–Crippen MR) is 262 cm³/mol. The Morgan fingerprint density at radius 1 is 0.344 bits per heavy atom. The maximum atomic E-state index is 5.69. The van der Waals surface area contributed by atoms with E-state index >= 15 is 0 Å². The lowest BCUT2D eigenvalue weighted by molar-refractivity contribution is 0.822. The van der Waals surface area contributed by atoms with Crippen molar-refractivity contribution in [2.24, 2.45) is 0 Å². The van der Waals surface area contributed by atoms with Crippen LogP contribution >= 0.6 is 0 Å². The number of rotatable bonds is 5. The molecule has 5 heterocycles. The minimum Gasteiger partial charge on any atom is -0.307 e. The molecule has 8 aromatic carbocycles. The number of allylic oxidation sites excluding steroid dienone is 1. The molecule has 0 radical (unpaired) electrons. The van der Waals surface area contributed by atoms with E-state index in [1.165, 1.54) is 38.2 Å². The fourth-order valence-corrected chi connectivity index (χ4v) is 10.6. The van der Waals surface area contributed by atoms with Gasteiger partial charge in [-0.1, -0.05) is 158 Å². The quantitative estimate of drug-likeness (QED) is 0.174. The first-order valence-electron chi connectivity index (χ1n) is 21.9. The largest absolute Gasteiger partial charge is 0.307 e. The third-order valence-electron chi connectivity index (χ3n) is 13.3. The molecule has 0 N–H and O–H groups in total. The Morgan fingerprint density at radius 2 is 0.766 bits per heavy atom. The summed E-state index contributed by atoms with van der Waals surface area (Å²) in [6, 6.07) is 67.0. The molecule has 300 valence electrons. The van der Waals surface area contributed by atoms with Gasteiger partial charge in [-0.3, -0.25) is 9.13 Å². The molecule has 0 fully saturated rings. The monoisotopic (exact) mass is 819 g/mol. The molecule has 0 amide bonds. The Hall–Kier alpha value is -8.55. The number of nitrogens with zero attached hydrogens (tertiary/aromatic N) is 7. The van der Waals surface area contributed by atoms with Gasteiger partial charge >= 0.3 is 0 Å². The maximum absolute atomic E-state index is 5.69. The third kappa shape index (κ3) is 4.89. The molecule has 13 aromatic rings. The van der Waals surface area contributed by atoms with E-state index in [2.05, 4.69) is 212 Å². The van der Waals surface area contributed by atoms with Crippen molar-refractivity contribution in [2.45, 2.75) is 12.8 Å². The second-order valence-electron chi connectivity index (χ2n) is 16.7. The van der Waals surface area contributed by atoms with Crippen LogP contribution in [0.25, 0.3) is 117 Å². The number of benzene rings is 8. The smallest absolute Gasteiger partial charge is 0.240 e. The highest BCUT2D eigenvalue weighted by Crippen LogP contribution is 2.44. The van der Waals surface area contributed by atoms with E-state index in [-0.39, 0.29) is 0 Å². The number of hydrogen-bond acceptors (Lipinski definition) is 3. The molecule has 0 saturated carbocycles. The molecule has 0 bridgehead atoms. The van der Waals surface area contributed by atoms with Crippen LogP contribution in [0.3, 0.4) is 0 Å². The average molecular weight is 820 g/mol. The molecular formula is C57H37N7. The SMILES string of the molecule is C1=Cc2c(n(-c3nc(-c4ccccc4)nc(-n4c5ccccc5c5ccc6c7ccccc7n(-c7ccccc7)c6c54)n3)c3c2ccc2c4ccccc4n(-c4ccccc4)c23)CC1. The van der Waals surface area contributed by atoms with Crippen LogP contribution in [0, 0.1) is 0 Å². The van der Waals surface area contributed by atoms with Gasteiger partial charge in [0.2, 0.25) is 11.9 Å². The molecule has 1 aliphatic carbocycles. The lowest BCUT2D eigenvalue weighted by Crippen LogP contribution is -2.13. The Labute approximate surface area is 367 Å². The Morgan fingerprint density at radius 3 is 1.31 bits per heavy atom. The standard InChI is InChI=1S/C57H37N7/c1-4-18-36(19-5-1)55-58-56(63-49-30-16-12-26-41(49)45-34-32-43-39-24-10-14-28-47(39)61(51(43)53(45)63)37-20-6-2-7-21-37)60-57(59-55)64-50-31-17-13-27-42(50)46-35-33-44-40-25-11-15-29-48(40)62(52(44)54(46)64)38-22-8-3-9-23-38/h1-16,18-30,32-35H,17,31H2. The van der Waals surface area contributed by atoms with Gasteiger partial charge in [0.25, 0.3) is 0 Å². The van der Waals surface area contributed by atoms with E-state index in [1.54, 1.807) is 0 Å². The Balaban J connectivity index is 1.16. The predicted octanol–water partition coefficient (Wildman–Crippen LogP) is 13.7. The molecule has 7 nitrogen and oxygen atoms in total. The normalized spacial score (nSPS) is 12.8. The summed E-state index contributed by atoms with van der Waals surface area (Å²) in [5.41, 5.74) is 13.2. The molecular weight excluding hydrogens is 783 g/mol. The third-order valence-corrected chi connectivity index (χ3v) is 13.3. The summed E-state index contributed by atoms with van der Waals surface area (Å²) in [5.74, 6) is 1.76. The van der Waals surface area contributed by atoms with E-state index in [0.29, 0.717) is 17.7 Å². The van der Waals surface area contributed by atoms with Crippen molar-refractivity contribution < 1.29 is 0 Å². The highest BCUT2D eigenvalue weighted by atomic mass is 15.3. The van der Waals surface area contributed by atoms with Crippen molar-refractivity contribution in [1.82, 2.24) is 33.2 Å². The van der Waals surface area contributed by atoms with Gasteiger partial charge in [-0.05, 0) is 55.3 Å². The van der Waals surface area contributed by atoms with Crippen molar-refractivity contribution in [2.75, 3.05) is 0 Å². The van der Waals surface area contributed by atoms with Crippen LogP contribution in [0.5, 0.6) is 0 Å². The summed E-state index contributed by atoms with van der Waals surface area (Å²) in [4.78, 5) is 16.7. The fourth-order valence-electron chi connectivity index (χ4n) is 10.6. The fraction of sp³-hybridized carbons (Fsp3) is 0.0351. The van der Waals surface area contributed by atoms with Gasteiger partial charge in [0.05, 0.1) is 38.6 Å². The van der Waals surface area contributed by atoms with Crippen LogP contribution < -0.4 is 0 Å². The van der Waals surface area contributed by atoms with Crippen LogP contribution in [0.15, 0.2) is 194 Å². The van der Waals surface area contributed by atoms with E-state index < -0.39 is 0 Å². The summed E-state index contributed by atoms with van der Waals surface area (Å²) in [5, 5.41) is 8.19. The van der Waals surface area contributed by atoms with Gasteiger partial charge in [0.1, 0.15) is 0 Å². The molecule has 0 spiro atoms. The van der Waals surface area contributed by atoms with E-state index in [1.807, 2.05) is 6.07 Å². The summed E-state index contributed by atoms with van der Waals surface area (Å²) in [6.45, 7) is 0. The Kier molecular flexibility index (Phi) is 7.39. The van der Waals surface area contributed by atoms with Crippen molar-refractivity contribution >= 4 is 82.4 Å². The van der Waals surface area contributed by atoms with Crippen LogP contribution in [-0.2, 0) is 6.42 Å².